The topological polar surface area (TPSA) is 53.5 Å². The molecule has 4 rings (SSSR count). The molecular weight excluding hydrogens is 350 g/mol. The van der Waals surface area contributed by atoms with Crippen LogP contribution >= 0.6 is 27.7 Å². The van der Waals surface area contributed by atoms with Gasteiger partial charge in [0.2, 0.25) is 4.87 Å². The van der Waals surface area contributed by atoms with E-state index in [1.165, 1.54) is 11.8 Å². The van der Waals surface area contributed by atoms with Crippen molar-refractivity contribution in [2.75, 3.05) is 5.32 Å². The summed E-state index contributed by atoms with van der Waals surface area (Å²) >= 11 is 4.90. The Morgan fingerprint density at radius 1 is 1.14 bits per heavy atom. The summed E-state index contributed by atoms with van der Waals surface area (Å²) in [6.07, 6.45) is 0. The highest BCUT2D eigenvalue weighted by Crippen LogP contribution is 2.48. The zero-order chi connectivity index (χ0) is 14.4. The highest BCUT2D eigenvalue weighted by molar-refractivity contribution is 9.10. The third kappa shape index (κ3) is 1.90. The van der Waals surface area contributed by atoms with Crippen molar-refractivity contribution in [1.82, 2.24) is 5.43 Å². The van der Waals surface area contributed by atoms with Crippen molar-refractivity contribution in [2.24, 2.45) is 5.10 Å². The predicted octanol–water partition coefficient (Wildman–Crippen LogP) is 3.25. The van der Waals surface area contributed by atoms with E-state index < -0.39 is 4.87 Å². The second kappa shape index (κ2) is 4.61. The van der Waals surface area contributed by atoms with E-state index >= 15 is 0 Å². The Morgan fingerprint density at radius 3 is 2.76 bits per heavy atom. The number of nitrogens with one attached hydrogen (secondary N) is 2. The first-order chi connectivity index (χ1) is 10.2. The van der Waals surface area contributed by atoms with Crippen LogP contribution in [0.25, 0.3) is 0 Å². The van der Waals surface area contributed by atoms with Gasteiger partial charge in [-0.15, -0.1) is 0 Å². The van der Waals surface area contributed by atoms with Crippen LogP contribution in [0.15, 0.2) is 58.1 Å². The van der Waals surface area contributed by atoms with Crippen LogP contribution in [0.1, 0.15) is 11.1 Å². The number of hydrogen-bond donors (Lipinski definition) is 2. The number of benzene rings is 2. The van der Waals surface area contributed by atoms with Crippen LogP contribution in [0, 0.1) is 0 Å². The largest absolute Gasteiger partial charge is 0.323 e. The zero-order valence-electron chi connectivity index (χ0n) is 10.8. The number of nitrogens with zero attached hydrogens (tertiary/aromatic N) is 1. The van der Waals surface area contributed by atoms with Gasteiger partial charge in [0.25, 0.3) is 5.91 Å². The third-order valence-corrected chi connectivity index (χ3v) is 5.33. The average molecular weight is 360 g/mol. The minimum atomic E-state index is -0.871. The summed E-state index contributed by atoms with van der Waals surface area (Å²) in [6, 6.07) is 15.6. The van der Waals surface area contributed by atoms with Crippen molar-refractivity contribution in [1.29, 1.82) is 0 Å². The molecule has 1 amide bonds. The molecule has 2 aromatic rings. The lowest BCUT2D eigenvalue weighted by atomic mass is 10.1. The van der Waals surface area contributed by atoms with Crippen LogP contribution in [0.5, 0.6) is 0 Å². The van der Waals surface area contributed by atoms with Gasteiger partial charge in [-0.05, 0) is 18.2 Å². The van der Waals surface area contributed by atoms with Gasteiger partial charge in [-0.3, -0.25) is 10.2 Å². The summed E-state index contributed by atoms with van der Waals surface area (Å²) in [5, 5.41) is 8.10. The average Bonchev–Trinajstić information content (AvgIpc) is 3.06. The van der Waals surface area contributed by atoms with Crippen LogP contribution in [0.2, 0.25) is 0 Å². The number of halogens is 1. The number of rotatable bonds is 1. The van der Waals surface area contributed by atoms with Gasteiger partial charge < -0.3 is 5.32 Å². The van der Waals surface area contributed by atoms with E-state index in [1.807, 2.05) is 48.5 Å². The van der Waals surface area contributed by atoms with Crippen molar-refractivity contribution >= 4 is 44.3 Å². The zero-order valence-corrected chi connectivity index (χ0v) is 13.2. The van der Waals surface area contributed by atoms with Crippen LogP contribution in [0.4, 0.5) is 5.69 Å². The number of amides is 1. The highest BCUT2D eigenvalue weighted by atomic mass is 79.9. The lowest BCUT2D eigenvalue weighted by Gasteiger charge is -2.19. The van der Waals surface area contributed by atoms with E-state index in [4.69, 9.17) is 0 Å². The number of thioether (sulfide) groups is 1. The number of hydrogen-bond acceptors (Lipinski definition) is 4. The minimum absolute atomic E-state index is 0.0877. The van der Waals surface area contributed by atoms with Gasteiger partial charge in [-0.2, -0.15) is 5.10 Å². The summed E-state index contributed by atoms with van der Waals surface area (Å²) < 4.78 is 0.938. The van der Waals surface area contributed by atoms with Gasteiger partial charge in [-0.1, -0.05) is 58.0 Å². The van der Waals surface area contributed by atoms with E-state index in [-0.39, 0.29) is 5.91 Å². The van der Waals surface area contributed by atoms with Gasteiger partial charge in [0.1, 0.15) is 5.04 Å². The summed E-state index contributed by atoms with van der Waals surface area (Å²) in [6.45, 7) is 0. The van der Waals surface area contributed by atoms with Gasteiger partial charge >= 0.3 is 0 Å². The van der Waals surface area contributed by atoms with Crippen molar-refractivity contribution < 1.29 is 4.79 Å². The molecule has 1 atom stereocenters. The Balaban J connectivity index is 1.76. The number of carbonyl (C=O) groups is 1. The molecule has 2 aliphatic heterocycles. The highest BCUT2D eigenvalue weighted by Gasteiger charge is 2.52. The molecule has 2 heterocycles. The minimum Gasteiger partial charge on any atom is -0.323 e. The Labute approximate surface area is 134 Å². The fourth-order valence-corrected chi connectivity index (χ4v) is 4.00. The first kappa shape index (κ1) is 12.9. The summed E-state index contributed by atoms with van der Waals surface area (Å²) in [5.74, 6) is -0.0877. The van der Waals surface area contributed by atoms with Crippen LogP contribution in [-0.2, 0) is 9.67 Å². The normalized spacial score (nSPS) is 22.7. The molecular formula is C15H10BrN3OS. The van der Waals surface area contributed by atoms with Crippen molar-refractivity contribution in [3.05, 3.63) is 64.1 Å². The van der Waals surface area contributed by atoms with Crippen LogP contribution < -0.4 is 10.7 Å². The molecule has 2 aliphatic rings. The quantitative estimate of drug-likeness (QED) is 0.821. The summed E-state index contributed by atoms with van der Waals surface area (Å²) in [5.41, 5.74) is 5.77. The van der Waals surface area contributed by atoms with Crippen LogP contribution in [-0.4, -0.2) is 11.0 Å². The molecule has 0 saturated heterocycles. The third-order valence-electron chi connectivity index (χ3n) is 3.51. The van der Waals surface area contributed by atoms with Gasteiger partial charge in [0, 0.05) is 21.3 Å². The molecule has 0 unspecified atom stereocenters. The van der Waals surface area contributed by atoms with Crippen molar-refractivity contribution in [2.45, 2.75) is 4.87 Å². The summed E-state index contributed by atoms with van der Waals surface area (Å²) in [4.78, 5) is 11.6. The monoisotopic (exact) mass is 359 g/mol. The summed E-state index contributed by atoms with van der Waals surface area (Å²) in [7, 11) is 0. The van der Waals surface area contributed by atoms with Crippen LogP contribution in [0.3, 0.4) is 0 Å². The second-order valence-corrected chi connectivity index (χ2v) is 6.94. The predicted molar refractivity (Wildman–Crippen MR) is 88.2 cm³/mol. The molecule has 2 aromatic carbocycles. The molecule has 2 N–H and O–H groups in total. The fourth-order valence-electron chi connectivity index (χ4n) is 2.49. The number of anilines is 1. The molecule has 0 radical (unpaired) electrons. The molecule has 4 nitrogen and oxygen atoms in total. The number of fused-ring (bicyclic) bond motifs is 2. The first-order valence-corrected chi connectivity index (χ1v) is 8.01. The SMILES string of the molecule is O=C1Nc2ccc(Br)cc2[C@@]12NN=C(c1ccccc1)S2. The van der Waals surface area contributed by atoms with E-state index in [9.17, 15) is 4.79 Å². The molecule has 0 saturated carbocycles. The number of carbonyl (C=O) groups excluding carboxylic acids is 1. The molecule has 0 aromatic heterocycles. The lowest BCUT2D eigenvalue weighted by Crippen LogP contribution is -2.39. The van der Waals surface area contributed by atoms with Gasteiger partial charge in [0.05, 0.1) is 0 Å². The maximum absolute atomic E-state index is 12.5. The molecule has 0 bridgehead atoms. The Kier molecular flexibility index (Phi) is 2.83. The standard InChI is InChI=1S/C15H10BrN3OS/c16-10-6-7-12-11(8-10)15(14(20)17-12)19-18-13(21-15)9-4-2-1-3-5-9/h1-8,19H,(H,17,20)/t15-/m0/s1. The second-order valence-electron chi connectivity index (χ2n) is 4.82. The Hall–Kier alpha value is -1.79. The van der Waals surface area contributed by atoms with E-state index in [0.717, 1.165) is 26.3 Å². The molecule has 6 heteroatoms. The first-order valence-electron chi connectivity index (χ1n) is 6.40. The smallest absolute Gasteiger partial charge is 0.267 e. The Bertz CT molecular complexity index is 778. The molecule has 104 valence electrons. The number of hydrazone groups is 1. The molecule has 1 spiro atoms. The van der Waals surface area contributed by atoms with Gasteiger partial charge in [0.15, 0.2) is 0 Å². The lowest BCUT2D eigenvalue weighted by molar-refractivity contribution is -0.118. The maximum Gasteiger partial charge on any atom is 0.267 e. The van der Waals surface area contributed by atoms with Crippen molar-refractivity contribution in [3.63, 3.8) is 0 Å². The fraction of sp³-hybridized carbons (Fsp3) is 0.0667. The van der Waals surface area contributed by atoms with Crippen molar-refractivity contribution in [3.8, 4) is 0 Å². The maximum atomic E-state index is 12.5. The van der Waals surface area contributed by atoms with E-state index in [2.05, 4.69) is 31.8 Å². The molecule has 21 heavy (non-hydrogen) atoms. The van der Waals surface area contributed by atoms with Gasteiger partial charge in [-0.25, -0.2) is 0 Å². The molecule has 0 aliphatic carbocycles. The molecule has 0 fully saturated rings. The Morgan fingerprint density at radius 2 is 1.95 bits per heavy atom. The van der Waals surface area contributed by atoms with E-state index in [1.54, 1.807) is 0 Å². The van der Waals surface area contributed by atoms with E-state index in [0.29, 0.717) is 0 Å².